The van der Waals surface area contributed by atoms with Crippen molar-refractivity contribution in [2.24, 2.45) is 5.92 Å². The highest BCUT2D eigenvalue weighted by molar-refractivity contribution is 14.1. The van der Waals surface area contributed by atoms with Gasteiger partial charge in [0.15, 0.2) is 0 Å². The van der Waals surface area contributed by atoms with Crippen LogP contribution in [0.4, 0.5) is 0 Å². The minimum absolute atomic E-state index is 0.137. The van der Waals surface area contributed by atoms with Gasteiger partial charge < -0.3 is 16.3 Å². The fourth-order valence-electron chi connectivity index (χ4n) is 1.78. The van der Waals surface area contributed by atoms with Crippen molar-refractivity contribution in [1.82, 2.24) is 0 Å². The summed E-state index contributed by atoms with van der Waals surface area (Å²) in [5, 5.41) is 19.3. The Morgan fingerprint density at radius 3 is 1.93 bits per heavy atom. The average molecular weight is 428 g/mol. The average Bonchev–Trinajstić information content (AvgIpc) is 2.17. The SMILES string of the molecule is CC(O)C1CC(OI)[C@H](O)[C@H](OI)C1. The highest BCUT2D eigenvalue weighted by atomic mass is 127. The number of hydrogen-bond donors (Lipinski definition) is 2. The monoisotopic (exact) mass is 428 g/mol. The molecule has 0 aromatic heterocycles. The van der Waals surface area contributed by atoms with E-state index in [0.29, 0.717) is 12.8 Å². The molecule has 0 aliphatic heterocycles. The standard InChI is InChI=1S/C8H14I2O4/c1-4(11)5-2-6(13-9)8(12)7(3-5)14-10/h4-8,11-12H,2-3H2,1H3/t4?,5?,6-,7?,8-/m1/s1. The summed E-state index contributed by atoms with van der Waals surface area (Å²) in [5.74, 6) is 0.137. The summed E-state index contributed by atoms with van der Waals surface area (Å²) < 4.78 is 10.3. The van der Waals surface area contributed by atoms with Crippen molar-refractivity contribution in [3.8, 4) is 0 Å². The van der Waals surface area contributed by atoms with Crippen LogP contribution in [0.5, 0.6) is 0 Å². The van der Waals surface area contributed by atoms with E-state index < -0.39 is 6.10 Å². The second-order valence-electron chi connectivity index (χ2n) is 3.72. The summed E-state index contributed by atoms with van der Waals surface area (Å²) in [6.07, 6.45) is -0.117. The van der Waals surface area contributed by atoms with Crippen LogP contribution in [0.3, 0.4) is 0 Å². The summed E-state index contributed by atoms with van der Waals surface area (Å²) in [6, 6.07) is 0. The summed E-state index contributed by atoms with van der Waals surface area (Å²) >= 11 is 3.56. The van der Waals surface area contributed by atoms with Crippen molar-refractivity contribution in [1.29, 1.82) is 0 Å². The molecule has 0 bridgehead atoms. The zero-order valence-electron chi connectivity index (χ0n) is 7.77. The zero-order valence-corrected chi connectivity index (χ0v) is 12.1. The lowest BCUT2D eigenvalue weighted by molar-refractivity contribution is -0.0724. The van der Waals surface area contributed by atoms with Crippen molar-refractivity contribution in [2.45, 2.75) is 44.2 Å². The van der Waals surface area contributed by atoms with Crippen molar-refractivity contribution < 1.29 is 16.3 Å². The molecule has 0 spiro atoms. The third-order valence-corrected chi connectivity index (χ3v) is 4.05. The van der Waals surface area contributed by atoms with E-state index in [4.69, 9.17) is 6.13 Å². The molecule has 2 N–H and O–H groups in total. The molecule has 1 saturated carbocycles. The van der Waals surface area contributed by atoms with E-state index in [1.54, 1.807) is 52.9 Å². The lowest BCUT2D eigenvalue weighted by Crippen LogP contribution is -2.47. The molecule has 1 rings (SSSR count). The van der Waals surface area contributed by atoms with Crippen LogP contribution in [-0.2, 0) is 6.13 Å². The van der Waals surface area contributed by atoms with E-state index in [0.717, 1.165) is 0 Å². The van der Waals surface area contributed by atoms with Gasteiger partial charge in [-0.3, -0.25) is 0 Å². The molecule has 6 heteroatoms. The number of hydrogen-bond acceptors (Lipinski definition) is 4. The van der Waals surface area contributed by atoms with Crippen molar-refractivity contribution in [3.05, 3.63) is 0 Å². The van der Waals surface area contributed by atoms with Crippen LogP contribution in [0, 0.1) is 5.92 Å². The molecule has 0 aromatic rings. The van der Waals surface area contributed by atoms with Crippen molar-refractivity contribution in [2.75, 3.05) is 0 Å². The molecule has 3 unspecified atom stereocenters. The second-order valence-corrected chi connectivity index (χ2v) is 4.73. The normalized spacial score (nSPS) is 40.9. The predicted octanol–water partition coefficient (Wildman–Crippen LogP) is 1.61. The van der Waals surface area contributed by atoms with Gasteiger partial charge in [0.25, 0.3) is 0 Å². The molecular formula is C8H14I2O4. The Morgan fingerprint density at radius 1 is 1.21 bits per heavy atom. The van der Waals surface area contributed by atoms with Gasteiger partial charge in [0.2, 0.25) is 0 Å². The maximum absolute atomic E-state index is 9.79. The number of rotatable bonds is 3. The van der Waals surface area contributed by atoms with Gasteiger partial charge >= 0.3 is 0 Å². The molecule has 0 radical (unpaired) electrons. The smallest absolute Gasteiger partial charge is 0.110 e. The van der Waals surface area contributed by atoms with Gasteiger partial charge in [0, 0.05) is 0 Å². The minimum Gasteiger partial charge on any atom is -0.393 e. The van der Waals surface area contributed by atoms with Gasteiger partial charge in [-0.25, -0.2) is 0 Å². The largest absolute Gasteiger partial charge is 0.393 e. The molecule has 1 aliphatic rings. The molecule has 1 fully saturated rings. The lowest BCUT2D eigenvalue weighted by atomic mass is 9.81. The summed E-state index contributed by atoms with van der Waals surface area (Å²) in [6.45, 7) is 1.76. The Morgan fingerprint density at radius 2 is 1.64 bits per heavy atom. The maximum Gasteiger partial charge on any atom is 0.110 e. The Kier molecular flexibility index (Phi) is 5.86. The van der Waals surface area contributed by atoms with Gasteiger partial charge in [0.05, 0.1) is 18.3 Å². The molecule has 14 heavy (non-hydrogen) atoms. The van der Waals surface area contributed by atoms with Crippen LogP contribution in [0.1, 0.15) is 19.8 Å². The first-order valence-electron chi connectivity index (χ1n) is 4.51. The van der Waals surface area contributed by atoms with Crippen molar-refractivity contribution >= 4 is 46.0 Å². The van der Waals surface area contributed by atoms with Gasteiger partial charge in [-0.05, 0) is 25.7 Å². The van der Waals surface area contributed by atoms with E-state index in [1.807, 2.05) is 0 Å². The lowest BCUT2D eigenvalue weighted by Gasteiger charge is -2.37. The van der Waals surface area contributed by atoms with Crippen LogP contribution in [0.25, 0.3) is 0 Å². The van der Waals surface area contributed by atoms with Crippen LogP contribution in [0.2, 0.25) is 0 Å². The summed E-state index contributed by atoms with van der Waals surface area (Å²) in [5.41, 5.74) is 0. The second kappa shape index (κ2) is 6.14. The Bertz CT molecular complexity index is 165. The Labute approximate surface area is 112 Å². The molecule has 1 aliphatic carbocycles. The Balaban J connectivity index is 2.63. The van der Waals surface area contributed by atoms with Crippen LogP contribution < -0.4 is 0 Å². The number of aliphatic hydroxyl groups is 2. The van der Waals surface area contributed by atoms with Crippen molar-refractivity contribution in [3.63, 3.8) is 0 Å². The molecule has 0 heterocycles. The summed E-state index contributed by atoms with van der Waals surface area (Å²) in [7, 11) is 0. The highest BCUT2D eigenvalue weighted by Crippen LogP contribution is 2.32. The van der Waals surface area contributed by atoms with Gasteiger partial charge in [0.1, 0.15) is 52.1 Å². The quantitative estimate of drug-likeness (QED) is 0.672. The topological polar surface area (TPSA) is 58.9 Å². The Hall–Kier alpha value is 1.30. The predicted molar refractivity (Wildman–Crippen MR) is 68.2 cm³/mol. The molecule has 0 aromatic carbocycles. The van der Waals surface area contributed by atoms with E-state index in [-0.39, 0.29) is 24.2 Å². The van der Waals surface area contributed by atoms with E-state index in [1.165, 1.54) is 0 Å². The van der Waals surface area contributed by atoms with E-state index >= 15 is 0 Å². The van der Waals surface area contributed by atoms with Gasteiger partial charge in [-0.15, -0.1) is 0 Å². The summed E-state index contributed by atoms with van der Waals surface area (Å²) in [4.78, 5) is 0. The highest BCUT2D eigenvalue weighted by Gasteiger charge is 2.39. The molecular weight excluding hydrogens is 414 g/mol. The molecule has 5 atom stereocenters. The fraction of sp³-hybridized carbons (Fsp3) is 1.00. The fourth-order valence-corrected chi connectivity index (χ4v) is 2.80. The molecule has 0 saturated heterocycles. The van der Waals surface area contributed by atoms with Crippen LogP contribution in [-0.4, -0.2) is 34.6 Å². The zero-order chi connectivity index (χ0) is 10.7. The third-order valence-electron chi connectivity index (χ3n) is 2.74. The molecule has 0 amide bonds. The number of halogens is 2. The molecule has 4 nitrogen and oxygen atoms in total. The van der Waals surface area contributed by atoms with Crippen LogP contribution in [0.15, 0.2) is 0 Å². The maximum atomic E-state index is 9.79. The first kappa shape index (κ1) is 13.4. The van der Waals surface area contributed by atoms with Crippen LogP contribution >= 0.6 is 46.0 Å². The van der Waals surface area contributed by atoms with Gasteiger partial charge in [-0.1, -0.05) is 0 Å². The van der Waals surface area contributed by atoms with E-state index in [2.05, 4.69) is 0 Å². The van der Waals surface area contributed by atoms with E-state index in [9.17, 15) is 10.2 Å². The third kappa shape index (κ3) is 3.14. The van der Waals surface area contributed by atoms with Gasteiger partial charge in [-0.2, -0.15) is 0 Å². The molecule has 84 valence electrons. The number of aliphatic hydroxyl groups excluding tert-OH is 2. The minimum atomic E-state index is -0.598. The first-order valence-corrected chi connectivity index (χ1v) is 6.27. The first-order chi connectivity index (χ1) is 6.60.